The average Bonchev–Trinajstić information content (AvgIpc) is 3.52. The lowest BCUT2D eigenvalue weighted by molar-refractivity contribution is 0.150. The number of nitrogens with zero attached hydrogens (tertiary/aromatic N) is 4. The maximum absolute atomic E-state index is 12.9. The number of amides is 2. The molecule has 5 rings (SSSR count). The molecule has 36 heavy (non-hydrogen) atoms. The van der Waals surface area contributed by atoms with E-state index in [1.165, 1.54) is 11.1 Å². The summed E-state index contributed by atoms with van der Waals surface area (Å²) in [6.07, 6.45) is 9.32. The summed E-state index contributed by atoms with van der Waals surface area (Å²) in [4.78, 5) is 22.9. The third-order valence-electron chi connectivity index (χ3n) is 7.26. The van der Waals surface area contributed by atoms with Crippen molar-refractivity contribution in [3.05, 3.63) is 52.6 Å². The number of nitriles is 1. The van der Waals surface area contributed by atoms with Crippen molar-refractivity contribution < 1.29 is 9.53 Å². The van der Waals surface area contributed by atoms with Crippen LogP contribution in [0.15, 0.2) is 42.1 Å². The van der Waals surface area contributed by atoms with Gasteiger partial charge in [0.05, 0.1) is 16.5 Å². The number of hydrogen-bond acceptors (Lipinski definition) is 6. The van der Waals surface area contributed by atoms with Crippen molar-refractivity contribution >= 4 is 22.9 Å². The van der Waals surface area contributed by atoms with Gasteiger partial charge in [-0.05, 0) is 63.9 Å². The number of piperazine rings is 1. The van der Waals surface area contributed by atoms with Crippen LogP contribution in [-0.2, 0) is 0 Å². The van der Waals surface area contributed by atoms with E-state index in [4.69, 9.17) is 9.72 Å². The van der Waals surface area contributed by atoms with Gasteiger partial charge >= 0.3 is 6.03 Å². The summed E-state index contributed by atoms with van der Waals surface area (Å²) >= 11 is 1.65. The fourth-order valence-electron chi connectivity index (χ4n) is 5.33. The van der Waals surface area contributed by atoms with E-state index in [0.717, 1.165) is 60.9 Å². The molecule has 2 amide bonds. The Bertz CT molecular complexity index is 1230. The molecule has 1 N–H and O–H groups in total. The Morgan fingerprint density at radius 2 is 2.08 bits per heavy atom. The Kier molecular flexibility index (Phi) is 7.13. The van der Waals surface area contributed by atoms with E-state index in [0.29, 0.717) is 17.2 Å². The monoisotopic (exact) mass is 503 g/mol. The van der Waals surface area contributed by atoms with Crippen LogP contribution in [0, 0.1) is 17.2 Å². The fourth-order valence-corrected chi connectivity index (χ4v) is 6.31. The minimum absolute atomic E-state index is 0.00968. The molecule has 1 aromatic carbocycles. The number of hydrogen-bond donors (Lipinski definition) is 1. The lowest BCUT2D eigenvalue weighted by Gasteiger charge is -2.34. The highest BCUT2D eigenvalue weighted by atomic mass is 32.1. The topological polar surface area (TPSA) is 81.5 Å². The van der Waals surface area contributed by atoms with Crippen molar-refractivity contribution in [2.75, 3.05) is 33.2 Å². The standard InChI is InChI=1S/C28H33N5O2S/c1-18(2)35-25-10-7-19(15-20(25)16-29)27-30-17-26(36-27)23-6-4-5-22-21(23)8-9-24(22)31-28(34)33-13-11-32(3)12-14-33/h4,6-7,10,15,17-18,22,24H,5,8-9,11-14H2,1-3H3,(H,31,34)/t22?,24-/m0/s1. The molecule has 0 spiro atoms. The third-order valence-corrected chi connectivity index (χ3v) is 8.34. The van der Waals surface area contributed by atoms with Gasteiger partial charge in [0.1, 0.15) is 16.8 Å². The number of allylic oxidation sites excluding steroid dienone is 3. The van der Waals surface area contributed by atoms with Gasteiger partial charge in [0.15, 0.2) is 0 Å². The molecule has 0 radical (unpaired) electrons. The number of thiazole rings is 1. The minimum atomic E-state index is 0.00968. The van der Waals surface area contributed by atoms with Gasteiger partial charge in [-0.2, -0.15) is 5.26 Å². The van der Waals surface area contributed by atoms with Crippen molar-refractivity contribution in [1.29, 1.82) is 5.26 Å². The molecule has 188 valence electrons. The smallest absolute Gasteiger partial charge is 0.317 e. The average molecular weight is 504 g/mol. The molecule has 2 heterocycles. The normalized spacial score (nSPS) is 22.0. The predicted octanol–water partition coefficient (Wildman–Crippen LogP) is 4.92. The number of rotatable bonds is 5. The van der Waals surface area contributed by atoms with E-state index in [9.17, 15) is 10.1 Å². The number of aromatic nitrogens is 1. The lowest BCUT2D eigenvalue weighted by atomic mass is 9.87. The number of carbonyl (C=O) groups is 1. The van der Waals surface area contributed by atoms with Gasteiger partial charge in [-0.15, -0.1) is 11.3 Å². The Balaban J connectivity index is 1.33. The van der Waals surface area contributed by atoms with E-state index < -0.39 is 0 Å². The highest BCUT2D eigenvalue weighted by Crippen LogP contribution is 2.44. The molecule has 1 unspecified atom stereocenters. The molecular weight excluding hydrogens is 470 g/mol. The summed E-state index contributed by atoms with van der Waals surface area (Å²) in [5, 5.41) is 13.8. The number of ether oxygens (including phenoxy) is 1. The number of urea groups is 1. The summed E-state index contributed by atoms with van der Waals surface area (Å²) in [5.74, 6) is 0.941. The van der Waals surface area contributed by atoms with E-state index in [-0.39, 0.29) is 18.2 Å². The first-order valence-corrected chi connectivity index (χ1v) is 13.6. The zero-order chi connectivity index (χ0) is 25.2. The van der Waals surface area contributed by atoms with Crippen LogP contribution in [0.4, 0.5) is 4.79 Å². The maximum Gasteiger partial charge on any atom is 0.317 e. The molecule has 2 fully saturated rings. The molecule has 2 atom stereocenters. The second kappa shape index (κ2) is 10.5. The zero-order valence-electron chi connectivity index (χ0n) is 21.2. The van der Waals surface area contributed by atoms with Crippen molar-refractivity contribution in [1.82, 2.24) is 20.1 Å². The van der Waals surface area contributed by atoms with Gasteiger partial charge < -0.3 is 19.9 Å². The van der Waals surface area contributed by atoms with Crippen molar-refractivity contribution in [2.24, 2.45) is 5.92 Å². The Hall–Kier alpha value is -3.15. The molecule has 2 aromatic rings. The van der Waals surface area contributed by atoms with E-state index >= 15 is 0 Å². The minimum Gasteiger partial charge on any atom is -0.490 e. The van der Waals surface area contributed by atoms with Gasteiger partial charge in [-0.3, -0.25) is 0 Å². The summed E-state index contributed by atoms with van der Waals surface area (Å²) in [5.41, 5.74) is 4.11. The molecule has 2 aliphatic carbocycles. The molecule has 1 saturated heterocycles. The van der Waals surface area contributed by atoms with Crippen molar-refractivity contribution in [3.63, 3.8) is 0 Å². The van der Waals surface area contributed by atoms with Gasteiger partial charge in [0.2, 0.25) is 0 Å². The van der Waals surface area contributed by atoms with Crippen LogP contribution < -0.4 is 10.1 Å². The van der Waals surface area contributed by atoms with Crippen LogP contribution in [-0.4, -0.2) is 66.2 Å². The lowest BCUT2D eigenvalue weighted by Crippen LogP contribution is -2.53. The van der Waals surface area contributed by atoms with Crippen LogP contribution in [0.25, 0.3) is 16.1 Å². The van der Waals surface area contributed by atoms with Crippen LogP contribution in [0.5, 0.6) is 5.75 Å². The molecule has 3 aliphatic rings. The van der Waals surface area contributed by atoms with Gasteiger partial charge in [-0.1, -0.05) is 17.7 Å². The van der Waals surface area contributed by atoms with E-state index in [1.807, 2.05) is 43.1 Å². The molecule has 1 aliphatic heterocycles. The third kappa shape index (κ3) is 5.04. The summed E-state index contributed by atoms with van der Waals surface area (Å²) in [6.45, 7) is 7.33. The predicted molar refractivity (Wildman–Crippen MR) is 143 cm³/mol. The highest BCUT2D eigenvalue weighted by Gasteiger charge is 2.36. The summed E-state index contributed by atoms with van der Waals surface area (Å²) in [6, 6.07) is 8.18. The second-order valence-electron chi connectivity index (χ2n) is 10.1. The number of benzene rings is 1. The van der Waals surface area contributed by atoms with E-state index in [1.54, 1.807) is 11.3 Å². The Labute approximate surface area is 217 Å². The summed E-state index contributed by atoms with van der Waals surface area (Å²) in [7, 11) is 2.10. The maximum atomic E-state index is 12.9. The molecule has 7 nitrogen and oxygen atoms in total. The molecule has 1 aromatic heterocycles. The van der Waals surface area contributed by atoms with Crippen LogP contribution in [0.1, 0.15) is 43.6 Å². The Morgan fingerprint density at radius 3 is 2.83 bits per heavy atom. The molecule has 0 bridgehead atoms. The first-order chi connectivity index (χ1) is 17.4. The van der Waals surface area contributed by atoms with Gasteiger partial charge in [0.25, 0.3) is 0 Å². The largest absolute Gasteiger partial charge is 0.490 e. The van der Waals surface area contributed by atoms with Crippen LogP contribution >= 0.6 is 11.3 Å². The molecular formula is C28H33N5O2S. The molecule has 1 saturated carbocycles. The van der Waals surface area contributed by atoms with Crippen LogP contribution in [0.3, 0.4) is 0 Å². The van der Waals surface area contributed by atoms with Gasteiger partial charge in [0, 0.05) is 49.9 Å². The SMILES string of the molecule is CC(C)Oc1ccc(-c2ncc(C3=C4CC[C@H](NC(=O)N5CCN(C)CC5)C4CC=C3)s2)cc1C#N. The highest BCUT2D eigenvalue weighted by molar-refractivity contribution is 7.16. The fraction of sp³-hybridized carbons (Fsp3) is 0.464. The first kappa shape index (κ1) is 24.5. The zero-order valence-corrected chi connectivity index (χ0v) is 22.0. The summed E-state index contributed by atoms with van der Waals surface area (Å²) < 4.78 is 5.76. The van der Waals surface area contributed by atoms with Crippen molar-refractivity contribution in [2.45, 2.75) is 45.3 Å². The quantitative estimate of drug-likeness (QED) is 0.627. The Morgan fingerprint density at radius 1 is 1.28 bits per heavy atom. The van der Waals surface area contributed by atoms with E-state index in [2.05, 4.69) is 35.5 Å². The molecule has 8 heteroatoms. The number of carbonyl (C=O) groups excluding carboxylic acids is 1. The van der Waals surface area contributed by atoms with Crippen molar-refractivity contribution in [3.8, 4) is 22.4 Å². The number of nitrogens with one attached hydrogen (secondary N) is 1. The number of fused-ring (bicyclic) bond motifs is 1. The van der Waals surface area contributed by atoms with Gasteiger partial charge in [-0.25, -0.2) is 9.78 Å². The second-order valence-corrected chi connectivity index (χ2v) is 11.1. The number of likely N-dealkylation sites (N-methyl/N-ethyl adjacent to an activating group) is 1. The van der Waals surface area contributed by atoms with Crippen LogP contribution in [0.2, 0.25) is 0 Å². The first-order valence-electron chi connectivity index (χ1n) is 12.7.